The van der Waals surface area contributed by atoms with Crippen LogP contribution in [-0.2, 0) is 6.42 Å². The van der Waals surface area contributed by atoms with Crippen molar-refractivity contribution < 1.29 is 4.39 Å². The van der Waals surface area contributed by atoms with Gasteiger partial charge in [0.25, 0.3) is 0 Å². The van der Waals surface area contributed by atoms with Crippen LogP contribution in [0.5, 0.6) is 0 Å². The van der Waals surface area contributed by atoms with E-state index in [1.807, 2.05) is 18.3 Å². The van der Waals surface area contributed by atoms with Crippen LogP contribution in [0.1, 0.15) is 38.3 Å². The first-order valence-electron chi connectivity index (χ1n) is 8.16. The molecule has 1 aromatic heterocycles. The van der Waals surface area contributed by atoms with Crippen molar-refractivity contribution in [2.24, 2.45) is 5.92 Å². The topological polar surface area (TPSA) is 21.1 Å². The quantitative estimate of drug-likeness (QED) is 0.849. The Morgan fingerprint density at radius 1 is 1.23 bits per heavy atom. The summed E-state index contributed by atoms with van der Waals surface area (Å²) in [5.74, 6) is 0.528. The summed E-state index contributed by atoms with van der Waals surface area (Å²) in [6, 6.07) is 7.48. The number of aromatic nitrogens is 2. The van der Waals surface area contributed by atoms with Crippen LogP contribution in [0.3, 0.4) is 0 Å². The minimum Gasteiger partial charge on any atom is -0.369 e. The molecule has 0 bridgehead atoms. The van der Waals surface area contributed by atoms with E-state index in [-0.39, 0.29) is 5.82 Å². The van der Waals surface area contributed by atoms with E-state index in [0.717, 1.165) is 38.0 Å². The van der Waals surface area contributed by atoms with Crippen molar-refractivity contribution >= 4 is 5.69 Å². The van der Waals surface area contributed by atoms with Gasteiger partial charge in [0.2, 0.25) is 0 Å². The van der Waals surface area contributed by atoms with Gasteiger partial charge in [-0.1, -0.05) is 26.0 Å². The van der Waals surface area contributed by atoms with Crippen LogP contribution < -0.4 is 4.90 Å². The fraction of sp³-hybridized carbons (Fsp3) is 0.500. The molecule has 0 aliphatic carbocycles. The van der Waals surface area contributed by atoms with E-state index < -0.39 is 0 Å². The summed E-state index contributed by atoms with van der Waals surface area (Å²) < 4.78 is 16.0. The molecule has 118 valence electrons. The Morgan fingerprint density at radius 2 is 1.95 bits per heavy atom. The third-order valence-electron chi connectivity index (χ3n) is 4.33. The molecule has 0 unspecified atom stereocenters. The molecule has 1 aliphatic heterocycles. The molecule has 1 saturated heterocycles. The predicted octanol–water partition coefficient (Wildman–Crippen LogP) is 4.06. The number of anilines is 1. The van der Waals surface area contributed by atoms with Gasteiger partial charge in [0.15, 0.2) is 0 Å². The molecular weight excluding hydrogens is 277 g/mol. The Kier molecular flexibility index (Phi) is 4.46. The molecule has 0 saturated carbocycles. The van der Waals surface area contributed by atoms with Crippen LogP contribution >= 0.6 is 0 Å². The molecule has 0 atom stereocenters. The second kappa shape index (κ2) is 6.51. The highest BCUT2D eigenvalue weighted by Gasteiger charge is 2.22. The zero-order chi connectivity index (χ0) is 15.5. The van der Waals surface area contributed by atoms with Gasteiger partial charge < -0.3 is 4.90 Å². The summed E-state index contributed by atoms with van der Waals surface area (Å²) in [4.78, 5) is 2.14. The predicted molar refractivity (Wildman–Crippen MR) is 87.7 cm³/mol. The zero-order valence-corrected chi connectivity index (χ0v) is 13.4. The van der Waals surface area contributed by atoms with E-state index in [0.29, 0.717) is 12.0 Å². The standard InChI is InChI=1S/C18H24FN3/c1-14(2)11-15-12-20-22(13-15)16-7-9-21(10-8-16)18-6-4-3-5-17(18)19/h3-6,12-14,16H,7-11H2,1-2H3. The molecule has 1 aromatic carbocycles. The molecule has 3 rings (SSSR count). The first kappa shape index (κ1) is 15.1. The van der Waals surface area contributed by atoms with Gasteiger partial charge >= 0.3 is 0 Å². The van der Waals surface area contributed by atoms with E-state index in [2.05, 4.69) is 34.7 Å². The Labute approximate surface area is 131 Å². The average Bonchev–Trinajstić information content (AvgIpc) is 2.96. The van der Waals surface area contributed by atoms with Gasteiger partial charge in [-0.2, -0.15) is 5.10 Å². The molecule has 1 fully saturated rings. The Morgan fingerprint density at radius 3 is 2.64 bits per heavy atom. The van der Waals surface area contributed by atoms with Crippen molar-refractivity contribution in [2.75, 3.05) is 18.0 Å². The smallest absolute Gasteiger partial charge is 0.146 e. The van der Waals surface area contributed by atoms with Gasteiger partial charge in [0.05, 0.1) is 17.9 Å². The maximum Gasteiger partial charge on any atom is 0.146 e. The SMILES string of the molecule is CC(C)Cc1cnn(C2CCN(c3ccccc3F)CC2)c1. The minimum absolute atomic E-state index is 0.126. The molecule has 4 heteroatoms. The second-order valence-electron chi connectivity index (χ2n) is 6.60. The zero-order valence-electron chi connectivity index (χ0n) is 13.4. The summed E-state index contributed by atoms with van der Waals surface area (Å²) in [5, 5.41) is 4.53. The molecule has 0 amide bonds. The lowest BCUT2D eigenvalue weighted by atomic mass is 10.0. The van der Waals surface area contributed by atoms with Crippen molar-refractivity contribution in [3.8, 4) is 0 Å². The van der Waals surface area contributed by atoms with Gasteiger partial charge in [-0.05, 0) is 42.9 Å². The first-order chi connectivity index (χ1) is 10.6. The van der Waals surface area contributed by atoms with E-state index in [1.54, 1.807) is 6.07 Å². The van der Waals surface area contributed by atoms with E-state index >= 15 is 0 Å². The number of nitrogens with zero attached hydrogens (tertiary/aromatic N) is 3. The van der Waals surface area contributed by atoms with Crippen LogP contribution in [-0.4, -0.2) is 22.9 Å². The highest BCUT2D eigenvalue weighted by Crippen LogP contribution is 2.28. The van der Waals surface area contributed by atoms with Gasteiger partial charge in [-0.3, -0.25) is 4.68 Å². The molecule has 0 radical (unpaired) electrons. The average molecular weight is 301 g/mol. The van der Waals surface area contributed by atoms with Crippen molar-refractivity contribution in [3.05, 3.63) is 48.0 Å². The van der Waals surface area contributed by atoms with Gasteiger partial charge in [-0.25, -0.2) is 4.39 Å². The Balaban J connectivity index is 1.62. The highest BCUT2D eigenvalue weighted by molar-refractivity contribution is 5.47. The Hall–Kier alpha value is -1.84. The first-order valence-corrected chi connectivity index (χ1v) is 8.16. The summed E-state index contributed by atoms with van der Waals surface area (Å²) in [6.07, 6.45) is 7.27. The van der Waals surface area contributed by atoms with Crippen molar-refractivity contribution in [3.63, 3.8) is 0 Å². The van der Waals surface area contributed by atoms with E-state index in [4.69, 9.17) is 0 Å². The third-order valence-corrected chi connectivity index (χ3v) is 4.33. The lowest BCUT2D eigenvalue weighted by molar-refractivity contribution is 0.365. The molecule has 2 aromatic rings. The molecule has 0 N–H and O–H groups in total. The van der Waals surface area contributed by atoms with Crippen LogP contribution in [0.15, 0.2) is 36.7 Å². The number of benzene rings is 1. The van der Waals surface area contributed by atoms with Crippen molar-refractivity contribution in [1.82, 2.24) is 9.78 Å². The summed E-state index contributed by atoms with van der Waals surface area (Å²) in [7, 11) is 0. The van der Waals surface area contributed by atoms with Gasteiger partial charge in [0, 0.05) is 19.3 Å². The lowest BCUT2D eigenvalue weighted by Crippen LogP contribution is -2.35. The molecule has 3 nitrogen and oxygen atoms in total. The number of rotatable bonds is 4. The molecule has 0 spiro atoms. The van der Waals surface area contributed by atoms with Crippen LogP contribution in [0.25, 0.3) is 0 Å². The number of hydrogen-bond acceptors (Lipinski definition) is 2. The van der Waals surface area contributed by atoms with Crippen LogP contribution in [0, 0.1) is 11.7 Å². The normalized spacial score (nSPS) is 16.5. The maximum absolute atomic E-state index is 13.9. The number of hydrogen-bond donors (Lipinski definition) is 0. The van der Waals surface area contributed by atoms with E-state index in [1.165, 1.54) is 11.6 Å². The van der Waals surface area contributed by atoms with Gasteiger partial charge in [-0.15, -0.1) is 0 Å². The van der Waals surface area contributed by atoms with Crippen LogP contribution in [0.2, 0.25) is 0 Å². The largest absolute Gasteiger partial charge is 0.369 e. The lowest BCUT2D eigenvalue weighted by Gasteiger charge is -2.33. The number of piperidine rings is 1. The second-order valence-corrected chi connectivity index (χ2v) is 6.60. The molecular formula is C18H24FN3. The summed E-state index contributed by atoms with van der Waals surface area (Å²) in [5.41, 5.74) is 2.04. The van der Waals surface area contributed by atoms with Crippen molar-refractivity contribution in [2.45, 2.75) is 39.2 Å². The minimum atomic E-state index is -0.126. The number of halogens is 1. The highest BCUT2D eigenvalue weighted by atomic mass is 19.1. The van der Waals surface area contributed by atoms with Gasteiger partial charge in [0.1, 0.15) is 5.82 Å². The van der Waals surface area contributed by atoms with E-state index in [9.17, 15) is 4.39 Å². The van der Waals surface area contributed by atoms with Crippen LogP contribution in [0.4, 0.5) is 10.1 Å². The fourth-order valence-corrected chi connectivity index (χ4v) is 3.23. The third kappa shape index (κ3) is 3.32. The van der Waals surface area contributed by atoms with Crippen molar-refractivity contribution in [1.29, 1.82) is 0 Å². The Bertz CT molecular complexity index is 612. The summed E-state index contributed by atoms with van der Waals surface area (Å²) in [6.45, 7) is 6.21. The maximum atomic E-state index is 13.9. The molecule has 2 heterocycles. The fourth-order valence-electron chi connectivity index (χ4n) is 3.23. The molecule has 22 heavy (non-hydrogen) atoms. The number of para-hydroxylation sites is 1. The monoisotopic (exact) mass is 301 g/mol. The summed E-state index contributed by atoms with van der Waals surface area (Å²) >= 11 is 0. The molecule has 1 aliphatic rings.